The average Bonchev–Trinajstić information content (AvgIpc) is 3.41. The molecule has 0 bridgehead atoms. The highest BCUT2D eigenvalue weighted by molar-refractivity contribution is 6.08. The number of rotatable bonds is 2. The van der Waals surface area contributed by atoms with Crippen LogP contribution in [0.15, 0.2) is 54.9 Å². The summed E-state index contributed by atoms with van der Waals surface area (Å²) in [5.74, 6) is -0.519. The zero-order valence-electron chi connectivity index (χ0n) is 16.7. The van der Waals surface area contributed by atoms with Gasteiger partial charge in [0.05, 0.1) is 5.56 Å². The van der Waals surface area contributed by atoms with Crippen molar-refractivity contribution >= 4 is 17.5 Å². The predicted octanol–water partition coefficient (Wildman–Crippen LogP) is 3.34. The number of nitrogens with zero attached hydrogens (tertiary/aromatic N) is 3. The molecule has 1 spiro atoms. The largest absolute Gasteiger partial charge is 0.336 e. The molecule has 152 valence electrons. The summed E-state index contributed by atoms with van der Waals surface area (Å²) in [5, 5.41) is 2.97. The summed E-state index contributed by atoms with van der Waals surface area (Å²) in [6.07, 6.45) is 3.87. The van der Waals surface area contributed by atoms with Gasteiger partial charge >= 0.3 is 0 Å². The molecule has 0 aliphatic carbocycles. The van der Waals surface area contributed by atoms with Crippen LogP contribution in [0, 0.1) is 12.7 Å². The van der Waals surface area contributed by atoms with Gasteiger partial charge in [-0.2, -0.15) is 0 Å². The van der Waals surface area contributed by atoms with Gasteiger partial charge in [-0.15, -0.1) is 0 Å². The van der Waals surface area contributed by atoms with Gasteiger partial charge in [0, 0.05) is 31.7 Å². The van der Waals surface area contributed by atoms with E-state index in [4.69, 9.17) is 0 Å². The molecule has 1 aromatic heterocycles. The molecule has 0 saturated carbocycles. The van der Waals surface area contributed by atoms with Crippen molar-refractivity contribution in [1.82, 2.24) is 14.5 Å². The lowest BCUT2D eigenvalue weighted by molar-refractivity contribution is -0.121. The first kappa shape index (κ1) is 18.5. The number of aryl methyl sites for hydroxylation is 2. The van der Waals surface area contributed by atoms with Gasteiger partial charge in [-0.1, -0.05) is 30.3 Å². The van der Waals surface area contributed by atoms with Gasteiger partial charge in [0.15, 0.2) is 0 Å². The minimum atomic E-state index is -0.967. The summed E-state index contributed by atoms with van der Waals surface area (Å²) >= 11 is 0. The molecule has 1 fully saturated rings. The normalized spacial score (nSPS) is 22.4. The van der Waals surface area contributed by atoms with Gasteiger partial charge in [-0.25, -0.2) is 9.37 Å². The Balaban J connectivity index is 1.69. The molecule has 0 unspecified atom stereocenters. The van der Waals surface area contributed by atoms with Crippen LogP contribution in [0.3, 0.4) is 0 Å². The highest BCUT2D eigenvalue weighted by Crippen LogP contribution is 2.54. The molecule has 6 nitrogen and oxygen atoms in total. The molecule has 30 heavy (non-hydrogen) atoms. The number of aromatic nitrogens is 2. The second-order valence-electron chi connectivity index (χ2n) is 7.95. The van der Waals surface area contributed by atoms with Crippen molar-refractivity contribution in [2.75, 3.05) is 11.9 Å². The zero-order valence-corrected chi connectivity index (χ0v) is 16.7. The first-order valence-corrected chi connectivity index (χ1v) is 9.89. The maximum atomic E-state index is 14.8. The molecule has 2 atom stereocenters. The van der Waals surface area contributed by atoms with E-state index >= 15 is 0 Å². The van der Waals surface area contributed by atoms with E-state index < -0.39 is 23.2 Å². The molecule has 2 amide bonds. The number of benzene rings is 2. The van der Waals surface area contributed by atoms with E-state index in [2.05, 4.69) is 10.3 Å². The number of anilines is 1. The first-order valence-electron chi connectivity index (χ1n) is 9.89. The standard InChI is InChI=1S/C23H21FN4O2/c1-14-6-5-7-15(18(14)24)21(29)28-12-10-23(19(28)20-25-11-13-27(20)2)16-8-3-4-9-17(16)26-22(23)30/h3-9,11,13,19H,10,12H2,1-2H3,(H,26,30)/t19-,23+/m0/s1. The van der Waals surface area contributed by atoms with Crippen molar-refractivity contribution in [3.05, 3.63) is 83.2 Å². The van der Waals surface area contributed by atoms with E-state index in [-0.39, 0.29) is 11.5 Å². The second-order valence-corrected chi connectivity index (χ2v) is 7.95. The predicted molar refractivity (Wildman–Crippen MR) is 109 cm³/mol. The number of hydrogen-bond acceptors (Lipinski definition) is 3. The molecule has 0 radical (unpaired) electrons. The minimum absolute atomic E-state index is 0.0120. The summed E-state index contributed by atoms with van der Waals surface area (Å²) in [7, 11) is 1.84. The van der Waals surface area contributed by atoms with E-state index in [0.717, 1.165) is 11.3 Å². The Kier molecular flexibility index (Phi) is 4.03. The summed E-state index contributed by atoms with van der Waals surface area (Å²) in [5.41, 5.74) is 1.05. The van der Waals surface area contributed by atoms with Gasteiger partial charge < -0.3 is 14.8 Å². The van der Waals surface area contributed by atoms with Gasteiger partial charge in [0.2, 0.25) is 5.91 Å². The first-order chi connectivity index (χ1) is 14.4. The molecular weight excluding hydrogens is 383 g/mol. The van der Waals surface area contributed by atoms with E-state index in [1.165, 1.54) is 6.07 Å². The molecular formula is C23H21FN4O2. The Morgan fingerprint density at radius 2 is 2.03 bits per heavy atom. The van der Waals surface area contributed by atoms with Crippen molar-refractivity contribution in [2.24, 2.45) is 7.05 Å². The number of hydrogen-bond donors (Lipinski definition) is 1. The summed E-state index contributed by atoms with van der Waals surface area (Å²) < 4.78 is 16.6. The minimum Gasteiger partial charge on any atom is -0.336 e. The lowest BCUT2D eigenvalue weighted by Crippen LogP contribution is -2.44. The number of likely N-dealkylation sites (tertiary alicyclic amines) is 1. The highest BCUT2D eigenvalue weighted by Gasteiger charge is 2.60. The third-order valence-corrected chi connectivity index (χ3v) is 6.37. The van der Waals surface area contributed by atoms with Gasteiger partial charge in [-0.3, -0.25) is 9.59 Å². The number of nitrogens with one attached hydrogen (secondary N) is 1. The Morgan fingerprint density at radius 3 is 2.80 bits per heavy atom. The molecule has 7 heteroatoms. The second kappa shape index (κ2) is 6.52. The van der Waals surface area contributed by atoms with Crippen LogP contribution in [-0.2, 0) is 17.3 Å². The monoisotopic (exact) mass is 404 g/mol. The summed E-state index contributed by atoms with van der Waals surface area (Å²) in [4.78, 5) is 32.9. The van der Waals surface area contributed by atoms with Crippen LogP contribution in [0.5, 0.6) is 0 Å². The van der Waals surface area contributed by atoms with Crippen LogP contribution >= 0.6 is 0 Å². The molecule has 1 saturated heterocycles. The van der Waals surface area contributed by atoms with Crippen LogP contribution in [0.1, 0.15) is 39.8 Å². The van der Waals surface area contributed by atoms with Crippen molar-refractivity contribution < 1.29 is 14.0 Å². The smallest absolute Gasteiger partial charge is 0.257 e. The fourth-order valence-corrected chi connectivity index (χ4v) is 4.87. The van der Waals surface area contributed by atoms with E-state index in [1.54, 1.807) is 36.4 Å². The number of para-hydroxylation sites is 1. The number of halogens is 1. The fraction of sp³-hybridized carbons (Fsp3) is 0.261. The zero-order chi connectivity index (χ0) is 21.0. The number of amides is 2. The quantitative estimate of drug-likeness (QED) is 0.712. The molecule has 5 rings (SSSR count). The molecule has 2 aliphatic heterocycles. The van der Waals surface area contributed by atoms with Crippen LogP contribution in [-0.4, -0.2) is 32.8 Å². The Morgan fingerprint density at radius 1 is 1.23 bits per heavy atom. The number of carbonyl (C=O) groups is 2. The SMILES string of the molecule is Cc1cccc(C(=O)N2CC[C@]3(C(=O)Nc4ccccc43)[C@@H]2c2nccn2C)c1F. The fourth-order valence-electron chi connectivity index (χ4n) is 4.87. The number of fused-ring (bicyclic) bond motifs is 2. The number of carbonyl (C=O) groups excluding carboxylic acids is 2. The molecule has 2 aliphatic rings. The lowest BCUT2D eigenvalue weighted by Gasteiger charge is -2.33. The van der Waals surface area contributed by atoms with Crippen molar-refractivity contribution in [3.63, 3.8) is 0 Å². The third-order valence-electron chi connectivity index (χ3n) is 6.37. The van der Waals surface area contributed by atoms with Crippen molar-refractivity contribution in [2.45, 2.75) is 24.8 Å². The molecule has 3 heterocycles. The topological polar surface area (TPSA) is 67.2 Å². The molecule has 2 aromatic carbocycles. The van der Waals surface area contributed by atoms with Gasteiger partial charge in [0.25, 0.3) is 5.91 Å². The molecule has 1 N–H and O–H groups in total. The third kappa shape index (κ3) is 2.38. The van der Waals surface area contributed by atoms with Crippen LogP contribution in [0.25, 0.3) is 0 Å². The van der Waals surface area contributed by atoms with Crippen LogP contribution in [0.2, 0.25) is 0 Å². The lowest BCUT2D eigenvalue weighted by atomic mass is 9.74. The maximum Gasteiger partial charge on any atom is 0.257 e. The summed E-state index contributed by atoms with van der Waals surface area (Å²) in [6, 6.07) is 11.7. The van der Waals surface area contributed by atoms with Crippen molar-refractivity contribution in [3.8, 4) is 0 Å². The number of imidazole rings is 1. The van der Waals surface area contributed by atoms with Crippen molar-refractivity contribution in [1.29, 1.82) is 0 Å². The summed E-state index contributed by atoms with van der Waals surface area (Å²) in [6.45, 7) is 1.96. The Hall–Kier alpha value is -3.48. The maximum absolute atomic E-state index is 14.8. The molecule has 3 aromatic rings. The Labute approximate surface area is 173 Å². The van der Waals surface area contributed by atoms with E-state index in [1.807, 2.05) is 35.9 Å². The van der Waals surface area contributed by atoms with Gasteiger partial charge in [-0.05, 0) is 36.6 Å². The van der Waals surface area contributed by atoms with Gasteiger partial charge in [0.1, 0.15) is 23.1 Å². The van der Waals surface area contributed by atoms with E-state index in [9.17, 15) is 14.0 Å². The highest BCUT2D eigenvalue weighted by atomic mass is 19.1. The van der Waals surface area contributed by atoms with Crippen LogP contribution in [0.4, 0.5) is 10.1 Å². The Bertz CT molecular complexity index is 1190. The average molecular weight is 404 g/mol. The van der Waals surface area contributed by atoms with E-state index in [0.29, 0.717) is 24.4 Å². The van der Waals surface area contributed by atoms with Crippen LogP contribution < -0.4 is 5.32 Å².